The predicted octanol–water partition coefficient (Wildman–Crippen LogP) is 1.03. The molecule has 0 fully saturated rings. The van der Waals surface area contributed by atoms with Gasteiger partial charge in [-0.25, -0.2) is 8.42 Å². The van der Waals surface area contributed by atoms with Gasteiger partial charge < -0.3 is 10.8 Å². The van der Waals surface area contributed by atoms with Crippen LogP contribution in [0.2, 0.25) is 0 Å². The number of carboxylic acid groups (broad SMARTS) is 1. The van der Waals surface area contributed by atoms with Crippen molar-refractivity contribution >= 4 is 26.6 Å². The van der Waals surface area contributed by atoms with E-state index in [-0.39, 0.29) is 4.90 Å². The van der Waals surface area contributed by atoms with E-state index in [2.05, 4.69) is 0 Å². The third kappa shape index (κ3) is 2.91. The van der Waals surface area contributed by atoms with Gasteiger partial charge in [-0.3, -0.25) is 4.79 Å². The fraction of sp³-hybridized carbons (Fsp3) is 0.154. The standard InChI is InChI=1S/C13H13NO4S/c14-12(13(15)16)8-19(17,18)11-6-5-9-3-1-2-4-10(9)7-11/h1-7,12H,8,14H2,(H,15,16). The Hall–Kier alpha value is -1.92. The highest BCUT2D eigenvalue weighted by Crippen LogP contribution is 2.20. The molecule has 0 aliphatic carbocycles. The minimum absolute atomic E-state index is 0.0860. The first-order valence-corrected chi connectivity index (χ1v) is 7.25. The number of sulfone groups is 1. The minimum Gasteiger partial charge on any atom is -0.480 e. The first-order valence-electron chi connectivity index (χ1n) is 5.60. The van der Waals surface area contributed by atoms with E-state index in [1.165, 1.54) is 12.1 Å². The molecule has 5 nitrogen and oxygen atoms in total. The van der Waals surface area contributed by atoms with Crippen LogP contribution in [0.1, 0.15) is 0 Å². The van der Waals surface area contributed by atoms with Crippen LogP contribution in [0.25, 0.3) is 10.8 Å². The van der Waals surface area contributed by atoms with Gasteiger partial charge in [-0.15, -0.1) is 0 Å². The maximum absolute atomic E-state index is 12.0. The van der Waals surface area contributed by atoms with Crippen LogP contribution >= 0.6 is 0 Å². The van der Waals surface area contributed by atoms with Gasteiger partial charge in [0.1, 0.15) is 6.04 Å². The van der Waals surface area contributed by atoms with Crippen molar-refractivity contribution in [1.82, 2.24) is 0 Å². The largest absolute Gasteiger partial charge is 0.480 e. The van der Waals surface area contributed by atoms with Crippen molar-refractivity contribution in [2.24, 2.45) is 5.73 Å². The lowest BCUT2D eigenvalue weighted by atomic mass is 10.1. The van der Waals surface area contributed by atoms with Crippen molar-refractivity contribution < 1.29 is 18.3 Å². The molecule has 2 aromatic rings. The van der Waals surface area contributed by atoms with E-state index in [0.29, 0.717) is 0 Å². The van der Waals surface area contributed by atoms with Crippen molar-refractivity contribution in [3.8, 4) is 0 Å². The van der Waals surface area contributed by atoms with Crippen molar-refractivity contribution in [3.05, 3.63) is 42.5 Å². The second-order valence-corrected chi connectivity index (χ2v) is 6.27. The lowest BCUT2D eigenvalue weighted by molar-refractivity contribution is -0.137. The van der Waals surface area contributed by atoms with Crippen LogP contribution in [0.4, 0.5) is 0 Å². The quantitative estimate of drug-likeness (QED) is 0.871. The number of carboxylic acids is 1. The number of rotatable bonds is 4. The molecule has 6 heteroatoms. The number of benzene rings is 2. The molecule has 2 aromatic carbocycles. The molecule has 1 atom stereocenters. The van der Waals surface area contributed by atoms with E-state index < -0.39 is 27.6 Å². The normalized spacial score (nSPS) is 13.3. The zero-order valence-electron chi connectivity index (χ0n) is 9.98. The van der Waals surface area contributed by atoms with Gasteiger partial charge in [-0.2, -0.15) is 0 Å². The highest BCUT2D eigenvalue weighted by molar-refractivity contribution is 7.91. The minimum atomic E-state index is -3.70. The van der Waals surface area contributed by atoms with Crippen LogP contribution in [0, 0.1) is 0 Å². The second-order valence-electron chi connectivity index (χ2n) is 4.24. The molecule has 0 aromatic heterocycles. The summed E-state index contributed by atoms with van der Waals surface area (Å²) < 4.78 is 24.1. The van der Waals surface area contributed by atoms with Gasteiger partial charge in [-0.1, -0.05) is 30.3 Å². The Balaban J connectivity index is 2.40. The number of hydrogen-bond donors (Lipinski definition) is 2. The van der Waals surface area contributed by atoms with Crippen LogP contribution in [-0.2, 0) is 14.6 Å². The number of aliphatic carboxylic acids is 1. The fourth-order valence-corrected chi connectivity index (χ4v) is 3.15. The third-order valence-corrected chi connectivity index (χ3v) is 4.57. The fourth-order valence-electron chi connectivity index (χ4n) is 1.76. The van der Waals surface area contributed by atoms with Gasteiger partial charge in [-0.05, 0) is 22.9 Å². The highest BCUT2D eigenvalue weighted by atomic mass is 32.2. The molecule has 100 valence electrons. The van der Waals surface area contributed by atoms with Crippen LogP contribution in [0.5, 0.6) is 0 Å². The Labute approximate surface area is 110 Å². The summed E-state index contributed by atoms with van der Waals surface area (Å²) in [5.41, 5.74) is 5.27. The lowest BCUT2D eigenvalue weighted by Gasteiger charge is -2.08. The molecular weight excluding hydrogens is 266 g/mol. The SMILES string of the molecule is NC(CS(=O)(=O)c1ccc2ccccc2c1)C(=O)O. The van der Waals surface area contributed by atoms with Crippen molar-refractivity contribution in [1.29, 1.82) is 0 Å². The van der Waals surface area contributed by atoms with E-state index in [9.17, 15) is 13.2 Å². The zero-order valence-corrected chi connectivity index (χ0v) is 10.8. The number of carbonyl (C=O) groups is 1. The van der Waals surface area contributed by atoms with Gasteiger partial charge in [0.2, 0.25) is 0 Å². The van der Waals surface area contributed by atoms with E-state index in [0.717, 1.165) is 10.8 Å². The monoisotopic (exact) mass is 279 g/mol. The van der Waals surface area contributed by atoms with Crippen molar-refractivity contribution in [2.75, 3.05) is 5.75 Å². The molecule has 0 amide bonds. The van der Waals surface area contributed by atoms with Crippen LogP contribution in [0.15, 0.2) is 47.4 Å². The molecule has 0 saturated carbocycles. The van der Waals surface area contributed by atoms with Crippen LogP contribution < -0.4 is 5.73 Å². The molecule has 3 N–H and O–H groups in total. The third-order valence-electron chi connectivity index (χ3n) is 2.80. The smallest absolute Gasteiger partial charge is 0.321 e. The topological polar surface area (TPSA) is 97.5 Å². The Morgan fingerprint density at radius 1 is 1.16 bits per heavy atom. The van der Waals surface area contributed by atoms with Crippen molar-refractivity contribution in [2.45, 2.75) is 10.9 Å². The summed E-state index contributed by atoms with van der Waals surface area (Å²) >= 11 is 0. The Bertz CT molecular complexity index is 724. The van der Waals surface area contributed by atoms with Gasteiger partial charge in [0.05, 0.1) is 10.6 Å². The molecular formula is C13H13NO4S. The summed E-state index contributed by atoms with van der Waals surface area (Å²) in [6, 6.07) is 10.6. The van der Waals surface area contributed by atoms with Gasteiger partial charge in [0.15, 0.2) is 9.84 Å². The zero-order chi connectivity index (χ0) is 14.0. The van der Waals surface area contributed by atoms with Crippen LogP contribution in [-0.4, -0.2) is 31.3 Å². The average molecular weight is 279 g/mol. The number of fused-ring (bicyclic) bond motifs is 1. The molecule has 0 radical (unpaired) electrons. The summed E-state index contributed by atoms with van der Waals surface area (Å²) in [5.74, 6) is -1.94. The maximum Gasteiger partial charge on any atom is 0.321 e. The molecule has 0 aliphatic heterocycles. The molecule has 2 rings (SSSR count). The number of hydrogen-bond acceptors (Lipinski definition) is 4. The first kappa shape index (κ1) is 13.5. The summed E-state index contributed by atoms with van der Waals surface area (Å²) in [6.45, 7) is 0. The van der Waals surface area contributed by atoms with E-state index in [1.807, 2.05) is 18.2 Å². The molecule has 0 heterocycles. The van der Waals surface area contributed by atoms with Crippen LogP contribution in [0.3, 0.4) is 0 Å². The Morgan fingerprint density at radius 3 is 2.42 bits per heavy atom. The molecule has 0 aliphatic rings. The van der Waals surface area contributed by atoms with Gasteiger partial charge >= 0.3 is 5.97 Å². The first-order chi connectivity index (χ1) is 8.90. The van der Waals surface area contributed by atoms with Gasteiger partial charge in [0, 0.05) is 0 Å². The molecule has 1 unspecified atom stereocenters. The second kappa shape index (κ2) is 4.99. The van der Waals surface area contributed by atoms with E-state index in [4.69, 9.17) is 10.8 Å². The highest BCUT2D eigenvalue weighted by Gasteiger charge is 2.23. The van der Waals surface area contributed by atoms with E-state index in [1.54, 1.807) is 12.1 Å². The Morgan fingerprint density at radius 2 is 1.79 bits per heavy atom. The summed E-state index contributed by atoms with van der Waals surface area (Å²) in [4.78, 5) is 10.7. The Kier molecular flexibility index (Phi) is 3.55. The summed E-state index contributed by atoms with van der Waals surface area (Å²) in [6.07, 6.45) is 0. The van der Waals surface area contributed by atoms with Gasteiger partial charge in [0.25, 0.3) is 0 Å². The molecule has 0 spiro atoms. The number of nitrogens with two attached hydrogens (primary N) is 1. The predicted molar refractivity (Wildman–Crippen MR) is 71.6 cm³/mol. The molecule has 19 heavy (non-hydrogen) atoms. The average Bonchev–Trinajstić information content (AvgIpc) is 2.37. The van der Waals surface area contributed by atoms with E-state index >= 15 is 0 Å². The summed E-state index contributed by atoms with van der Waals surface area (Å²) in [5, 5.41) is 10.4. The maximum atomic E-state index is 12.0. The summed E-state index contributed by atoms with van der Waals surface area (Å²) in [7, 11) is -3.70. The van der Waals surface area contributed by atoms with Crippen molar-refractivity contribution in [3.63, 3.8) is 0 Å². The molecule has 0 bridgehead atoms. The molecule has 0 saturated heterocycles. The lowest BCUT2D eigenvalue weighted by Crippen LogP contribution is -2.37.